The van der Waals surface area contributed by atoms with Crippen LogP contribution in [0.3, 0.4) is 0 Å². The molecule has 0 unspecified atom stereocenters. The number of hydrogen-bond acceptors (Lipinski definition) is 10. The standard InChI is InChI=1S/C14H16N2O8S2/c1-3-23-7(17)5-15-11(19)9(25-13(15)21)10-12(20)16(14(22)26-10)6-8(18)24-4-2/h9-10H,3-6H2,1-2H3/t9-,10+. The summed E-state index contributed by atoms with van der Waals surface area (Å²) >= 11 is 1.14. The van der Waals surface area contributed by atoms with E-state index in [0.29, 0.717) is 33.3 Å². The number of thioether (sulfide) groups is 2. The molecule has 2 heterocycles. The van der Waals surface area contributed by atoms with Crippen LogP contribution in [-0.2, 0) is 28.7 Å². The summed E-state index contributed by atoms with van der Waals surface area (Å²) in [7, 11) is 0. The molecule has 2 fully saturated rings. The highest BCUT2D eigenvalue weighted by atomic mass is 32.2. The molecular formula is C14H16N2O8S2. The minimum atomic E-state index is -1.15. The lowest BCUT2D eigenvalue weighted by atomic mass is 10.2. The summed E-state index contributed by atoms with van der Waals surface area (Å²) < 4.78 is 9.41. The Kier molecular flexibility index (Phi) is 6.64. The van der Waals surface area contributed by atoms with Gasteiger partial charge in [-0.05, 0) is 37.4 Å². The molecular weight excluding hydrogens is 388 g/mol. The highest BCUT2D eigenvalue weighted by molar-refractivity contribution is 8.19. The Labute approximate surface area is 156 Å². The molecule has 0 aromatic heterocycles. The van der Waals surface area contributed by atoms with Gasteiger partial charge in [-0.2, -0.15) is 0 Å². The number of esters is 2. The Hall–Kier alpha value is -2.08. The molecule has 2 atom stereocenters. The van der Waals surface area contributed by atoms with E-state index in [1.165, 1.54) is 0 Å². The van der Waals surface area contributed by atoms with E-state index in [9.17, 15) is 28.8 Å². The third kappa shape index (κ3) is 4.18. The van der Waals surface area contributed by atoms with E-state index in [1.807, 2.05) is 0 Å². The first kappa shape index (κ1) is 20.2. The molecule has 2 aliphatic rings. The molecule has 0 aromatic carbocycles. The van der Waals surface area contributed by atoms with E-state index < -0.39 is 57.8 Å². The molecule has 0 spiro atoms. The topological polar surface area (TPSA) is 127 Å². The summed E-state index contributed by atoms with van der Waals surface area (Å²) in [6.45, 7) is 2.25. The van der Waals surface area contributed by atoms with Crippen molar-refractivity contribution in [2.24, 2.45) is 0 Å². The second-order valence-corrected chi connectivity index (χ2v) is 7.25. The van der Waals surface area contributed by atoms with E-state index in [-0.39, 0.29) is 13.2 Å². The quantitative estimate of drug-likeness (QED) is 0.544. The molecule has 0 N–H and O–H groups in total. The molecule has 10 nitrogen and oxygen atoms in total. The average molecular weight is 404 g/mol. The van der Waals surface area contributed by atoms with Gasteiger partial charge in [0.1, 0.15) is 23.6 Å². The first-order valence-corrected chi connectivity index (χ1v) is 9.41. The number of ether oxygens (including phenoxy) is 2. The zero-order valence-electron chi connectivity index (χ0n) is 14.0. The highest BCUT2D eigenvalue weighted by Gasteiger charge is 2.53. The van der Waals surface area contributed by atoms with Gasteiger partial charge in [-0.15, -0.1) is 0 Å². The maximum absolute atomic E-state index is 12.4. The van der Waals surface area contributed by atoms with Crippen LogP contribution in [0.4, 0.5) is 9.59 Å². The van der Waals surface area contributed by atoms with Crippen molar-refractivity contribution in [1.29, 1.82) is 0 Å². The van der Waals surface area contributed by atoms with E-state index in [0.717, 1.165) is 0 Å². The summed E-state index contributed by atoms with van der Waals surface area (Å²) in [5, 5.41) is -3.69. The fourth-order valence-corrected chi connectivity index (χ4v) is 4.54. The minimum absolute atomic E-state index is 0.0971. The van der Waals surface area contributed by atoms with Crippen molar-refractivity contribution < 1.29 is 38.2 Å². The van der Waals surface area contributed by atoms with Gasteiger partial charge in [-0.25, -0.2) is 0 Å². The van der Waals surface area contributed by atoms with Gasteiger partial charge in [0.2, 0.25) is 11.8 Å². The van der Waals surface area contributed by atoms with Gasteiger partial charge in [0.25, 0.3) is 10.5 Å². The zero-order chi connectivity index (χ0) is 19.4. The second-order valence-electron chi connectivity index (χ2n) is 5.07. The van der Waals surface area contributed by atoms with Gasteiger partial charge in [0, 0.05) is 0 Å². The molecule has 0 bridgehead atoms. The van der Waals surface area contributed by atoms with Crippen molar-refractivity contribution >= 4 is 57.8 Å². The van der Waals surface area contributed by atoms with Crippen LogP contribution in [0, 0.1) is 0 Å². The van der Waals surface area contributed by atoms with Crippen LogP contribution in [0.1, 0.15) is 13.8 Å². The van der Waals surface area contributed by atoms with E-state index in [4.69, 9.17) is 9.47 Å². The van der Waals surface area contributed by atoms with Crippen LogP contribution in [0.25, 0.3) is 0 Å². The van der Waals surface area contributed by atoms with Crippen molar-refractivity contribution in [2.75, 3.05) is 26.3 Å². The lowest BCUT2D eigenvalue weighted by Gasteiger charge is -2.15. The van der Waals surface area contributed by atoms with Crippen LogP contribution in [0.15, 0.2) is 0 Å². The molecule has 2 saturated heterocycles. The number of imide groups is 2. The van der Waals surface area contributed by atoms with Gasteiger partial charge >= 0.3 is 11.9 Å². The van der Waals surface area contributed by atoms with Gasteiger partial charge in [-0.1, -0.05) is 0 Å². The number of carbonyl (C=O) groups excluding carboxylic acids is 6. The largest absolute Gasteiger partial charge is 0.465 e. The summed E-state index contributed by atoms with van der Waals surface area (Å²) in [4.78, 5) is 73.2. The van der Waals surface area contributed by atoms with E-state index in [1.54, 1.807) is 13.8 Å². The number of nitrogens with zero attached hydrogens (tertiary/aromatic N) is 2. The predicted molar refractivity (Wildman–Crippen MR) is 90.2 cm³/mol. The summed E-state index contributed by atoms with van der Waals surface area (Å²) in [6.07, 6.45) is 0. The first-order valence-electron chi connectivity index (χ1n) is 7.65. The molecule has 4 amide bonds. The van der Waals surface area contributed by atoms with Crippen molar-refractivity contribution in [3.63, 3.8) is 0 Å². The van der Waals surface area contributed by atoms with Crippen molar-refractivity contribution in [3.8, 4) is 0 Å². The summed E-state index contributed by atoms with van der Waals surface area (Å²) in [5.74, 6) is -2.99. The Morgan fingerprint density at radius 1 is 0.808 bits per heavy atom. The Morgan fingerprint density at radius 3 is 1.46 bits per heavy atom. The van der Waals surface area contributed by atoms with Crippen LogP contribution in [0.5, 0.6) is 0 Å². The fourth-order valence-electron chi connectivity index (χ4n) is 2.27. The first-order chi connectivity index (χ1) is 12.3. The van der Waals surface area contributed by atoms with Crippen LogP contribution >= 0.6 is 23.5 Å². The molecule has 0 aromatic rings. The van der Waals surface area contributed by atoms with Gasteiger partial charge in [-0.3, -0.25) is 38.6 Å². The van der Waals surface area contributed by atoms with Gasteiger partial charge in [0.05, 0.1) is 13.2 Å². The van der Waals surface area contributed by atoms with E-state index >= 15 is 0 Å². The predicted octanol–water partition coefficient (Wildman–Crippen LogP) is 0.241. The molecule has 0 radical (unpaired) electrons. The van der Waals surface area contributed by atoms with Crippen molar-refractivity contribution in [1.82, 2.24) is 9.80 Å². The average Bonchev–Trinajstić information content (AvgIpc) is 3.00. The number of carbonyl (C=O) groups is 6. The van der Waals surface area contributed by atoms with Gasteiger partial charge < -0.3 is 9.47 Å². The number of hydrogen-bond donors (Lipinski definition) is 0. The molecule has 12 heteroatoms. The number of amides is 4. The Bertz CT molecular complexity index is 611. The lowest BCUT2D eigenvalue weighted by molar-refractivity contribution is -0.147. The van der Waals surface area contributed by atoms with Crippen LogP contribution in [-0.4, -0.2) is 80.8 Å². The smallest absolute Gasteiger partial charge is 0.326 e. The maximum Gasteiger partial charge on any atom is 0.326 e. The molecule has 2 aliphatic heterocycles. The Balaban J connectivity index is 2.07. The van der Waals surface area contributed by atoms with Gasteiger partial charge in [0.15, 0.2) is 0 Å². The summed E-state index contributed by atoms with van der Waals surface area (Å²) in [5.41, 5.74) is 0. The third-order valence-corrected chi connectivity index (χ3v) is 5.85. The number of rotatable bonds is 7. The SMILES string of the molecule is CCOC(=O)CN1C(=O)S[C@@H]([C@H]2SC(=O)N(CC(=O)OCC)C2=O)C1=O. The third-order valence-electron chi connectivity index (χ3n) is 3.38. The second kappa shape index (κ2) is 8.54. The van der Waals surface area contributed by atoms with Crippen molar-refractivity contribution in [3.05, 3.63) is 0 Å². The molecule has 0 saturated carbocycles. The zero-order valence-corrected chi connectivity index (χ0v) is 15.6. The van der Waals surface area contributed by atoms with Crippen LogP contribution < -0.4 is 0 Å². The molecule has 2 rings (SSSR count). The summed E-state index contributed by atoms with van der Waals surface area (Å²) in [6, 6.07) is 0. The molecule has 26 heavy (non-hydrogen) atoms. The molecule has 0 aliphatic carbocycles. The monoisotopic (exact) mass is 404 g/mol. The lowest BCUT2D eigenvalue weighted by Crippen LogP contribution is -2.43. The highest BCUT2D eigenvalue weighted by Crippen LogP contribution is 2.39. The van der Waals surface area contributed by atoms with Crippen molar-refractivity contribution in [2.45, 2.75) is 24.3 Å². The fraction of sp³-hybridized carbons (Fsp3) is 0.571. The van der Waals surface area contributed by atoms with Crippen LogP contribution in [0.2, 0.25) is 0 Å². The normalized spacial score (nSPS) is 23.0. The Morgan fingerprint density at radius 2 is 1.15 bits per heavy atom. The maximum atomic E-state index is 12.4. The minimum Gasteiger partial charge on any atom is -0.465 e. The van der Waals surface area contributed by atoms with E-state index in [2.05, 4.69) is 0 Å². The molecule has 142 valence electrons.